The number of hydrogen-bond acceptors (Lipinski definition) is 5. The normalized spacial score (nSPS) is 23.8. The topological polar surface area (TPSA) is 81.1 Å². The smallest absolute Gasteiger partial charge is 0.258 e. The van der Waals surface area contributed by atoms with E-state index in [0.717, 1.165) is 24.9 Å². The average molecular weight is 428 g/mol. The number of anilines is 1. The number of nitrogens with one attached hydrogen (secondary N) is 2. The van der Waals surface area contributed by atoms with Crippen molar-refractivity contribution in [3.05, 3.63) is 66.0 Å². The second-order valence-electron chi connectivity index (χ2n) is 7.99. The molecule has 30 heavy (non-hydrogen) atoms. The van der Waals surface area contributed by atoms with Crippen molar-refractivity contribution in [1.29, 1.82) is 0 Å². The van der Waals surface area contributed by atoms with E-state index in [-0.39, 0.29) is 34.4 Å². The van der Waals surface area contributed by atoms with Gasteiger partial charge in [0.15, 0.2) is 6.61 Å². The molecule has 0 radical (unpaired) electrons. The zero-order chi connectivity index (χ0) is 20.8. The zero-order valence-electron chi connectivity index (χ0n) is 15.9. The van der Waals surface area contributed by atoms with Crippen LogP contribution < -0.4 is 15.4 Å². The number of benzene rings is 1. The molecule has 2 N–H and O–H groups in total. The third-order valence-electron chi connectivity index (χ3n) is 5.58. The second-order valence-corrected chi connectivity index (χ2v) is 8.40. The van der Waals surface area contributed by atoms with Crippen LogP contribution >= 0.6 is 11.6 Å². The SMILES string of the molecule is O=C(COc1ccc(Cl)c(F)c1)NC12CC(Nc3cnc(-n4cccc4)nc3)(C1)C2. The third-order valence-corrected chi connectivity index (χ3v) is 5.89. The van der Waals surface area contributed by atoms with Crippen molar-refractivity contribution in [2.24, 2.45) is 0 Å². The summed E-state index contributed by atoms with van der Waals surface area (Å²) in [6, 6.07) is 7.94. The van der Waals surface area contributed by atoms with Crippen molar-refractivity contribution in [3.63, 3.8) is 0 Å². The third kappa shape index (κ3) is 3.47. The number of aromatic nitrogens is 3. The van der Waals surface area contributed by atoms with E-state index in [4.69, 9.17) is 16.3 Å². The molecule has 7 nitrogen and oxygen atoms in total. The summed E-state index contributed by atoms with van der Waals surface area (Å²) < 4.78 is 20.6. The van der Waals surface area contributed by atoms with Crippen LogP contribution in [0.3, 0.4) is 0 Å². The van der Waals surface area contributed by atoms with Crippen LogP contribution in [0.25, 0.3) is 5.95 Å². The first-order valence-corrected chi connectivity index (χ1v) is 9.95. The van der Waals surface area contributed by atoms with Crippen LogP contribution in [0.4, 0.5) is 10.1 Å². The standard InChI is InChI=1S/C21H19ClFN5O2/c22-16-4-3-15(7-17(16)23)30-10-18(29)27-21-11-20(12-21,13-21)26-14-8-24-19(25-9-14)28-5-1-2-6-28/h1-9,26H,10-13H2,(H,27,29). The van der Waals surface area contributed by atoms with Crippen molar-refractivity contribution in [2.45, 2.75) is 30.3 Å². The Balaban J connectivity index is 1.10. The Morgan fingerprint density at radius 2 is 1.87 bits per heavy atom. The predicted molar refractivity (Wildman–Crippen MR) is 109 cm³/mol. The van der Waals surface area contributed by atoms with Gasteiger partial charge in [-0.3, -0.25) is 9.36 Å². The van der Waals surface area contributed by atoms with Gasteiger partial charge in [0.2, 0.25) is 5.95 Å². The molecule has 3 aromatic rings. The van der Waals surface area contributed by atoms with E-state index in [1.165, 1.54) is 18.2 Å². The average Bonchev–Trinajstić information content (AvgIpc) is 3.22. The lowest BCUT2D eigenvalue weighted by molar-refractivity contribution is -0.135. The van der Waals surface area contributed by atoms with Crippen LogP contribution in [0.2, 0.25) is 5.02 Å². The Labute approximate surface area is 177 Å². The summed E-state index contributed by atoms with van der Waals surface area (Å²) in [6.45, 7) is -0.169. The van der Waals surface area contributed by atoms with Gasteiger partial charge in [-0.15, -0.1) is 0 Å². The molecule has 3 fully saturated rings. The lowest BCUT2D eigenvalue weighted by Gasteiger charge is -2.70. The van der Waals surface area contributed by atoms with Crippen LogP contribution in [-0.4, -0.2) is 38.1 Å². The molecule has 0 saturated heterocycles. The van der Waals surface area contributed by atoms with Crippen LogP contribution in [0, 0.1) is 5.82 Å². The maximum atomic E-state index is 13.4. The molecule has 0 aliphatic heterocycles. The van der Waals surface area contributed by atoms with E-state index in [1.807, 2.05) is 29.1 Å². The number of carbonyl (C=O) groups is 1. The predicted octanol–water partition coefficient (Wildman–Crippen LogP) is 3.34. The fraction of sp³-hybridized carbons (Fsp3) is 0.286. The highest BCUT2D eigenvalue weighted by molar-refractivity contribution is 6.30. The molecule has 2 heterocycles. The van der Waals surface area contributed by atoms with Crippen LogP contribution in [0.15, 0.2) is 55.1 Å². The number of carbonyl (C=O) groups excluding carboxylic acids is 1. The molecule has 3 saturated carbocycles. The fourth-order valence-corrected chi connectivity index (χ4v) is 4.51. The van der Waals surface area contributed by atoms with Crippen molar-refractivity contribution in [1.82, 2.24) is 19.9 Å². The van der Waals surface area contributed by atoms with E-state index in [2.05, 4.69) is 20.6 Å². The highest BCUT2D eigenvalue weighted by Crippen LogP contribution is 2.61. The van der Waals surface area contributed by atoms with Gasteiger partial charge in [0, 0.05) is 29.5 Å². The highest BCUT2D eigenvalue weighted by atomic mass is 35.5. The first-order chi connectivity index (χ1) is 14.4. The summed E-state index contributed by atoms with van der Waals surface area (Å²) in [5.41, 5.74) is 0.648. The van der Waals surface area contributed by atoms with Crippen LogP contribution in [0.1, 0.15) is 19.3 Å². The number of ether oxygens (including phenoxy) is 1. The molecule has 1 amide bonds. The molecular formula is C21H19ClFN5O2. The zero-order valence-corrected chi connectivity index (χ0v) is 16.7. The largest absolute Gasteiger partial charge is 0.484 e. The quantitative estimate of drug-likeness (QED) is 0.604. The molecule has 2 bridgehead atoms. The molecule has 6 rings (SSSR count). The minimum Gasteiger partial charge on any atom is -0.484 e. The Morgan fingerprint density at radius 3 is 2.53 bits per heavy atom. The summed E-state index contributed by atoms with van der Waals surface area (Å²) >= 11 is 5.64. The summed E-state index contributed by atoms with van der Waals surface area (Å²) in [4.78, 5) is 21.0. The Hall–Kier alpha value is -3.13. The van der Waals surface area contributed by atoms with Gasteiger partial charge in [0.1, 0.15) is 11.6 Å². The van der Waals surface area contributed by atoms with Gasteiger partial charge in [-0.1, -0.05) is 11.6 Å². The number of amides is 1. The maximum absolute atomic E-state index is 13.4. The Kier molecular flexibility index (Phi) is 4.39. The number of nitrogens with zero attached hydrogens (tertiary/aromatic N) is 3. The van der Waals surface area contributed by atoms with Gasteiger partial charge in [-0.2, -0.15) is 0 Å². The molecule has 3 aliphatic rings. The fourth-order valence-electron chi connectivity index (χ4n) is 4.39. The molecule has 3 aliphatic carbocycles. The van der Waals surface area contributed by atoms with Gasteiger partial charge in [-0.25, -0.2) is 14.4 Å². The van der Waals surface area contributed by atoms with Gasteiger partial charge in [0.25, 0.3) is 5.91 Å². The molecule has 9 heteroatoms. The van der Waals surface area contributed by atoms with E-state index < -0.39 is 5.82 Å². The van der Waals surface area contributed by atoms with Gasteiger partial charge < -0.3 is 15.4 Å². The summed E-state index contributed by atoms with van der Waals surface area (Å²) in [7, 11) is 0. The minimum atomic E-state index is -0.576. The number of rotatable bonds is 7. The minimum absolute atomic E-state index is 0.0169. The van der Waals surface area contributed by atoms with E-state index in [0.29, 0.717) is 5.95 Å². The molecule has 0 atom stereocenters. The monoisotopic (exact) mass is 427 g/mol. The van der Waals surface area contributed by atoms with Gasteiger partial charge in [-0.05, 0) is 43.5 Å². The van der Waals surface area contributed by atoms with Gasteiger partial charge in [0.05, 0.1) is 23.1 Å². The second kappa shape index (κ2) is 6.98. The summed E-state index contributed by atoms with van der Waals surface area (Å²) in [5, 5.41) is 6.54. The highest BCUT2D eigenvalue weighted by Gasteiger charge is 2.68. The Morgan fingerprint density at radius 1 is 1.17 bits per heavy atom. The van der Waals surface area contributed by atoms with Gasteiger partial charge >= 0.3 is 0 Å². The molecule has 0 unspecified atom stereocenters. The molecule has 0 spiro atoms. The van der Waals surface area contributed by atoms with E-state index in [9.17, 15) is 9.18 Å². The van der Waals surface area contributed by atoms with Crippen LogP contribution in [-0.2, 0) is 4.79 Å². The lowest BCUT2D eigenvalue weighted by atomic mass is 9.44. The number of halogens is 2. The lowest BCUT2D eigenvalue weighted by Crippen LogP contribution is -2.81. The maximum Gasteiger partial charge on any atom is 0.258 e. The molecule has 154 valence electrons. The first-order valence-electron chi connectivity index (χ1n) is 9.57. The van der Waals surface area contributed by atoms with E-state index >= 15 is 0 Å². The molecular weight excluding hydrogens is 409 g/mol. The summed E-state index contributed by atoms with van der Waals surface area (Å²) in [6.07, 6.45) is 9.83. The Bertz CT molecular complexity index is 1070. The van der Waals surface area contributed by atoms with Crippen molar-refractivity contribution in [2.75, 3.05) is 11.9 Å². The summed E-state index contributed by atoms with van der Waals surface area (Å²) in [5.74, 6) is 0.0871. The van der Waals surface area contributed by atoms with E-state index in [1.54, 1.807) is 12.4 Å². The first kappa shape index (κ1) is 18.9. The van der Waals surface area contributed by atoms with Crippen molar-refractivity contribution in [3.8, 4) is 11.7 Å². The van der Waals surface area contributed by atoms with Crippen molar-refractivity contribution < 1.29 is 13.9 Å². The molecule has 2 aromatic heterocycles. The van der Waals surface area contributed by atoms with Crippen LogP contribution in [0.5, 0.6) is 5.75 Å². The number of hydrogen-bond donors (Lipinski definition) is 2. The molecule has 1 aromatic carbocycles. The van der Waals surface area contributed by atoms with Crippen molar-refractivity contribution >= 4 is 23.2 Å².